The van der Waals surface area contributed by atoms with Gasteiger partial charge >= 0.3 is 0 Å². The topological polar surface area (TPSA) is 43.7 Å². The molecule has 0 unspecified atom stereocenters. The van der Waals surface area contributed by atoms with Crippen LogP contribution >= 0.6 is 0 Å². The molecule has 0 heterocycles. The monoisotopic (exact) mass is 120 g/mol. The van der Waals surface area contributed by atoms with Crippen LogP contribution in [0.25, 0.3) is 0 Å². The Balaban J connectivity index is 3.17. The summed E-state index contributed by atoms with van der Waals surface area (Å²) >= 11 is 0. The third-order valence-corrected chi connectivity index (χ3v) is 0.966. The molecular formula is C7H6NO. The van der Waals surface area contributed by atoms with E-state index in [0.717, 1.165) is 0 Å². The largest absolute Gasteiger partial charge is 0.301 e. The van der Waals surface area contributed by atoms with Gasteiger partial charge in [-0.3, -0.25) is 5.11 Å². The van der Waals surface area contributed by atoms with Crippen LogP contribution in [0.4, 0.5) is 5.69 Å². The van der Waals surface area contributed by atoms with Crippen molar-refractivity contribution in [3.05, 3.63) is 30.7 Å². The van der Waals surface area contributed by atoms with Gasteiger partial charge in [0, 0.05) is 6.07 Å². The highest BCUT2D eigenvalue weighted by atomic mass is 16.3. The fraction of sp³-hybridized carbons (Fsp3) is 0. The Morgan fingerprint density at radius 2 is 2.00 bits per heavy atom. The summed E-state index contributed by atoms with van der Waals surface area (Å²) in [4.78, 5) is 0. The molecule has 0 aliphatic heterocycles. The maximum Gasteiger partial charge on any atom is 0.181 e. The lowest BCUT2D eigenvalue weighted by atomic mass is 10.2. The Labute approximate surface area is 53.9 Å². The smallest absolute Gasteiger partial charge is 0.181 e. The van der Waals surface area contributed by atoms with E-state index in [2.05, 4.69) is 6.92 Å². The van der Waals surface area contributed by atoms with Crippen LogP contribution in [0, 0.1) is 6.92 Å². The van der Waals surface area contributed by atoms with Crippen molar-refractivity contribution in [2.45, 2.75) is 0 Å². The van der Waals surface area contributed by atoms with Gasteiger partial charge in [-0.25, -0.2) is 0 Å². The van der Waals surface area contributed by atoms with E-state index < -0.39 is 0 Å². The molecule has 0 aliphatic rings. The quantitative estimate of drug-likeness (QED) is 0.502. The highest BCUT2D eigenvalue weighted by molar-refractivity contribution is 5.45. The van der Waals surface area contributed by atoms with E-state index in [1.807, 2.05) is 0 Å². The third-order valence-electron chi connectivity index (χ3n) is 0.966. The van der Waals surface area contributed by atoms with Crippen molar-refractivity contribution in [3.8, 4) is 5.75 Å². The first-order valence-corrected chi connectivity index (χ1v) is 2.54. The summed E-state index contributed by atoms with van der Waals surface area (Å²) < 4.78 is 0. The zero-order chi connectivity index (χ0) is 6.85. The molecule has 0 spiro atoms. The van der Waals surface area contributed by atoms with Crippen molar-refractivity contribution in [1.29, 1.82) is 0 Å². The molecule has 45 valence electrons. The molecule has 0 aliphatic carbocycles. The molecule has 0 saturated heterocycles. The number of rotatable bonds is 0. The van der Waals surface area contributed by atoms with E-state index >= 15 is 0 Å². The molecule has 0 amide bonds. The molecule has 1 aromatic rings. The van der Waals surface area contributed by atoms with Gasteiger partial charge in [-0.15, -0.1) is 0 Å². The Kier molecular flexibility index (Phi) is 1.30. The summed E-state index contributed by atoms with van der Waals surface area (Å²) in [6, 6.07) is 4.20. The Morgan fingerprint density at radius 1 is 1.33 bits per heavy atom. The molecule has 1 aromatic carbocycles. The Bertz CT molecular complexity index is 170. The summed E-state index contributed by atoms with van der Waals surface area (Å²) in [5.74, 6) is -0.146. The summed E-state index contributed by atoms with van der Waals surface area (Å²) in [5, 5.41) is 10.6. The number of nitrogens with one attached hydrogen (secondary N) is 1. The fourth-order valence-electron chi connectivity index (χ4n) is 0.661. The van der Waals surface area contributed by atoms with Crippen LogP contribution in [0.15, 0.2) is 18.2 Å². The minimum absolute atomic E-state index is 0.146. The molecule has 9 heavy (non-hydrogen) atoms. The van der Waals surface area contributed by atoms with Crippen LogP contribution in [0.5, 0.6) is 5.75 Å². The van der Waals surface area contributed by atoms with Crippen LogP contribution in [0.3, 0.4) is 0 Å². The number of benzene rings is 1. The maximum absolute atomic E-state index is 10.6. The number of hydrogen-bond donors (Lipinski definition) is 0. The Hall–Kier alpha value is -1.18. The van der Waals surface area contributed by atoms with Gasteiger partial charge in [-0.05, 0) is 24.6 Å². The summed E-state index contributed by atoms with van der Waals surface area (Å²) in [6.07, 6.45) is 0. The van der Waals surface area contributed by atoms with Gasteiger partial charge < -0.3 is 5.73 Å². The minimum Gasteiger partial charge on any atom is -0.301 e. The van der Waals surface area contributed by atoms with Gasteiger partial charge in [0.05, 0.1) is 5.69 Å². The fourth-order valence-corrected chi connectivity index (χ4v) is 0.661. The molecule has 2 nitrogen and oxygen atoms in total. The Morgan fingerprint density at radius 3 is 2.44 bits per heavy atom. The summed E-state index contributed by atoms with van der Waals surface area (Å²) in [7, 11) is 0. The van der Waals surface area contributed by atoms with E-state index in [4.69, 9.17) is 5.73 Å². The van der Waals surface area contributed by atoms with Gasteiger partial charge in [0.15, 0.2) is 5.75 Å². The minimum atomic E-state index is -0.146. The first-order valence-electron chi connectivity index (χ1n) is 2.54. The highest BCUT2D eigenvalue weighted by Gasteiger charge is 1.93. The van der Waals surface area contributed by atoms with Gasteiger partial charge in [0.2, 0.25) is 0 Å². The second-order valence-electron chi connectivity index (χ2n) is 1.87. The SMILES string of the molecule is [CH2]c1cc([NH])cc([O])c1. The second-order valence-corrected chi connectivity index (χ2v) is 1.87. The lowest BCUT2D eigenvalue weighted by Gasteiger charge is -1.92. The van der Waals surface area contributed by atoms with Gasteiger partial charge in [-0.2, -0.15) is 0 Å². The van der Waals surface area contributed by atoms with Crippen molar-refractivity contribution >= 4 is 5.69 Å². The van der Waals surface area contributed by atoms with Gasteiger partial charge in [0.25, 0.3) is 0 Å². The molecule has 1 rings (SSSR count). The summed E-state index contributed by atoms with van der Waals surface area (Å²) in [6.45, 7) is 3.52. The van der Waals surface area contributed by atoms with Crippen molar-refractivity contribution in [3.63, 3.8) is 0 Å². The van der Waals surface area contributed by atoms with E-state index in [-0.39, 0.29) is 11.4 Å². The molecule has 2 heteroatoms. The van der Waals surface area contributed by atoms with Gasteiger partial charge in [0.1, 0.15) is 0 Å². The van der Waals surface area contributed by atoms with E-state index in [9.17, 15) is 5.11 Å². The molecule has 0 aromatic heterocycles. The van der Waals surface area contributed by atoms with Crippen LogP contribution in [-0.4, -0.2) is 0 Å². The van der Waals surface area contributed by atoms with Crippen LogP contribution in [-0.2, 0) is 5.11 Å². The predicted molar refractivity (Wildman–Crippen MR) is 33.8 cm³/mol. The zero-order valence-electron chi connectivity index (χ0n) is 4.85. The molecule has 3 radical (unpaired) electrons. The average Bonchev–Trinajstić information content (AvgIpc) is 1.59. The normalized spacial score (nSPS) is 9.44. The molecule has 0 fully saturated rings. The van der Waals surface area contributed by atoms with E-state index in [1.165, 1.54) is 12.1 Å². The number of hydrogen-bond acceptors (Lipinski definition) is 0. The molecule has 0 bridgehead atoms. The second kappa shape index (κ2) is 1.97. The molecule has 1 N–H and O–H groups in total. The van der Waals surface area contributed by atoms with E-state index in [0.29, 0.717) is 5.56 Å². The average molecular weight is 120 g/mol. The lowest BCUT2D eigenvalue weighted by molar-refractivity contribution is 0.355. The van der Waals surface area contributed by atoms with Crippen LogP contribution < -0.4 is 5.73 Å². The zero-order valence-corrected chi connectivity index (χ0v) is 4.85. The first-order chi connectivity index (χ1) is 4.18. The molecular weight excluding hydrogens is 114 g/mol. The third kappa shape index (κ3) is 1.35. The maximum atomic E-state index is 10.6. The van der Waals surface area contributed by atoms with E-state index in [1.54, 1.807) is 6.07 Å². The van der Waals surface area contributed by atoms with Crippen molar-refractivity contribution < 1.29 is 5.11 Å². The molecule has 0 atom stereocenters. The lowest BCUT2D eigenvalue weighted by Crippen LogP contribution is -1.72. The summed E-state index contributed by atoms with van der Waals surface area (Å²) in [5.41, 5.74) is 7.87. The first kappa shape index (κ1) is 5.95. The standard InChI is InChI=1S/C7H6NO/c1-5-2-6(8)4-7(9)3-5/h2-4,8H,1H2. The predicted octanol–water partition coefficient (Wildman–Crippen LogP) is 1.93. The van der Waals surface area contributed by atoms with Crippen LogP contribution in [0.2, 0.25) is 0 Å². The van der Waals surface area contributed by atoms with Crippen LogP contribution in [0.1, 0.15) is 5.56 Å². The highest BCUT2D eigenvalue weighted by Crippen LogP contribution is 2.17. The van der Waals surface area contributed by atoms with Gasteiger partial charge in [-0.1, -0.05) is 0 Å². The van der Waals surface area contributed by atoms with Crippen molar-refractivity contribution in [2.24, 2.45) is 0 Å². The molecule has 0 saturated carbocycles. The van der Waals surface area contributed by atoms with Crippen molar-refractivity contribution in [1.82, 2.24) is 5.73 Å². The van der Waals surface area contributed by atoms with Crippen molar-refractivity contribution in [2.75, 3.05) is 0 Å².